The van der Waals surface area contributed by atoms with Crippen LogP contribution in [0.5, 0.6) is 0 Å². The molecule has 0 bridgehead atoms. The summed E-state index contributed by atoms with van der Waals surface area (Å²) in [5, 5.41) is 0. The molecule has 5 heteroatoms. The lowest BCUT2D eigenvalue weighted by atomic mass is 9.97. The molecule has 0 aliphatic carbocycles. The van der Waals surface area contributed by atoms with Crippen molar-refractivity contribution in [2.45, 2.75) is 25.3 Å². The van der Waals surface area contributed by atoms with Crippen molar-refractivity contribution in [3.8, 4) is 0 Å². The van der Waals surface area contributed by atoms with Crippen LogP contribution in [0.4, 0.5) is 4.39 Å². The minimum absolute atomic E-state index is 0.272. The van der Waals surface area contributed by atoms with E-state index in [9.17, 15) is 4.39 Å². The van der Waals surface area contributed by atoms with E-state index < -0.39 is 0 Å². The van der Waals surface area contributed by atoms with Gasteiger partial charge in [-0.3, -0.25) is 0 Å². The van der Waals surface area contributed by atoms with Crippen molar-refractivity contribution >= 4 is 22.6 Å². The van der Waals surface area contributed by atoms with Gasteiger partial charge in [0.25, 0.3) is 0 Å². The second kappa shape index (κ2) is 5.10. The monoisotopic (exact) mass is 282 g/mol. The molecule has 0 spiro atoms. The molecule has 3 nitrogen and oxygen atoms in total. The van der Waals surface area contributed by atoms with Gasteiger partial charge in [0.05, 0.1) is 18.0 Å². The number of fused-ring (bicyclic) bond motifs is 1. The minimum atomic E-state index is -0.290. The molecular weight excluding hydrogens is 267 g/mol. The molecule has 2 atom stereocenters. The van der Waals surface area contributed by atoms with Crippen LogP contribution in [0.1, 0.15) is 25.2 Å². The molecule has 1 aliphatic rings. The van der Waals surface area contributed by atoms with E-state index in [1.165, 1.54) is 6.07 Å². The first kappa shape index (κ1) is 12.9. The summed E-state index contributed by atoms with van der Waals surface area (Å²) >= 11 is 5.99. The van der Waals surface area contributed by atoms with Gasteiger partial charge in [0, 0.05) is 18.6 Å². The van der Waals surface area contributed by atoms with Crippen LogP contribution >= 0.6 is 11.6 Å². The first-order valence-electron chi connectivity index (χ1n) is 6.51. The Hall–Kier alpha value is -1.13. The fourth-order valence-corrected chi connectivity index (χ4v) is 3.04. The Kier molecular flexibility index (Phi) is 3.46. The topological polar surface area (TPSA) is 27.1 Å². The van der Waals surface area contributed by atoms with E-state index in [1.54, 1.807) is 6.07 Å². The van der Waals surface area contributed by atoms with Crippen LogP contribution < -0.4 is 0 Å². The molecule has 0 N–H and O–H groups in total. The summed E-state index contributed by atoms with van der Waals surface area (Å²) in [5.41, 5.74) is 1.24. The average Bonchev–Trinajstić information content (AvgIpc) is 2.79. The highest BCUT2D eigenvalue weighted by Crippen LogP contribution is 2.32. The number of hydrogen-bond donors (Lipinski definition) is 0. The lowest BCUT2D eigenvalue weighted by molar-refractivity contribution is 0.0292. The summed E-state index contributed by atoms with van der Waals surface area (Å²) in [7, 11) is 0. The molecule has 2 aromatic rings. The van der Waals surface area contributed by atoms with Gasteiger partial charge < -0.3 is 9.30 Å². The maximum absolute atomic E-state index is 13.8. The van der Waals surface area contributed by atoms with E-state index in [4.69, 9.17) is 16.3 Å². The zero-order valence-corrected chi connectivity index (χ0v) is 11.5. The summed E-state index contributed by atoms with van der Waals surface area (Å²) in [6.07, 6.45) is 0.910. The van der Waals surface area contributed by atoms with E-state index in [0.717, 1.165) is 31.0 Å². The molecular formula is C14H16ClFN2O. The fraction of sp³-hybridized carbons (Fsp3) is 0.500. The van der Waals surface area contributed by atoms with Crippen LogP contribution in [0.3, 0.4) is 0 Å². The average molecular weight is 283 g/mol. The number of aromatic nitrogens is 2. The highest BCUT2D eigenvalue weighted by molar-refractivity contribution is 6.16. The molecule has 1 aliphatic heterocycles. The molecule has 1 saturated heterocycles. The quantitative estimate of drug-likeness (QED) is 0.788. The highest BCUT2D eigenvalue weighted by atomic mass is 35.5. The number of hydrogen-bond acceptors (Lipinski definition) is 2. The number of para-hydroxylation sites is 1. The Morgan fingerprint density at radius 2 is 2.37 bits per heavy atom. The maximum Gasteiger partial charge on any atom is 0.151 e. The van der Waals surface area contributed by atoms with Crippen LogP contribution in [0, 0.1) is 11.7 Å². The number of ether oxygens (including phenoxy) is 1. The molecule has 1 aromatic heterocycles. The van der Waals surface area contributed by atoms with Crippen LogP contribution in [-0.4, -0.2) is 22.8 Å². The van der Waals surface area contributed by atoms with E-state index >= 15 is 0 Å². The van der Waals surface area contributed by atoms with Gasteiger partial charge in [-0.25, -0.2) is 9.37 Å². The normalized spacial score (nSPS) is 23.9. The third kappa shape index (κ3) is 2.13. The molecule has 1 fully saturated rings. The lowest BCUT2D eigenvalue weighted by Gasteiger charge is -2.31. The first-order valence-corrected chi connectivity index (χ1v) is 7.05. The molecule has 102 valence electrons. The predicted octanol–water partition coefficient (Wildman–Crippen LogP) is 3.51. The number of benzene rings is 1. The SMILES string of the molecule is CC1COCCC1n1c(CCl)nc2c(F)cccc21. The number of halogens is 2. The van der Waals surface area contributed by atoms with E-state index in [1.807, 2.05) is 6.07 Å². The molecule has 19 heavy (non-hydrogen) atoms. The Labute approximate surface area is 116 Å². The van der Waals surface area contributed by atoms with Gasteiger partial charge in [0.1, 0.15) is 11.3 Å². The Balaban J connectivity index is 2.18. The largest absolute Gasteiger partial charge is 0.381 e. The molecule has 2 heterocycles. The van der Waals surface area contributed by atoms with Gasteiger partial charge in [-0.05, 0) is 18.6 Å². The molecule has 0 saturated carbocycles. The van der Waals surface area contributed by atoms with E-state index in [0.29, 0.717) is 11.4 Å². The van der Waals surface area contributed by atoms with Gasteiger partial charge in [0.2, 0.25) is 0 Å². The summed E-state index contributed by atoms with van der Waals surface area (Å²) in [4.78, 5) is 4.36. The second-order valence-electron chi connectivity index (χ2n) is 5.05. The molecule has 1 aromatic carbocycles. The fourth-order valence-electron chi connectivity index (χ4n) is 2.85. The summed E-state index contributed by atoms with van der Waals surface area (Å²) < 4.78 is 21.4. The molecule has 0 amide bonds. The van der Waals surface area contributed by atoms with Crippen molar-refractivity contribution in [2.75, 3.05) is 13.2 Å². The third-order valence-electron chi connectivity index (χ3n) is 3.79. The van der Waals surface area contributed by atoms with Gasteiger partial charge in [-0.1, -0.05) is 13.0 Å². The lowest BCUT2D eigenvalue weighted by Crippen LogP contribution is -2.28. The van der Waals surface area contributed by atoms with Gasteiger partial charge in [-0.2, -0.15) is 0 Å². The number of imidazole rings is 1. The van der Waals surface area contributed by atoms with Gasteiger partial charge in [0.15, 0.2) is 5.82 Å². The molecule has 0 radical (unpaired) electrons. The first-order chi connectivity index (χ1) is 9.22. The zero-order valence-electron chi connectivity index (χ0n) is 10.8. The van der Waals surface area contributed by atoms with Crippen molar-refractivity contribution in [1.82, 2.24) is 9.55 Å². The van der Waals surface area contributed by atoms with Crippen molar-refractivity contribution in [2.24, 2.45) is 5.92 Å². The highest BCUT2D eigenvalue weighted by Gasteiger charge is 2.27. The van der Waals surface area contributed by atoms with Crippen molar-refractivity contribution in [3.05, 3.63) is 29.8 Å². The summed E-state index contributed by atoms with van der Waals surface area (Å²) in [5.74, 6) is 1.11. The number of rotatable bonds is 2. The van der Waals surface area contributed by atoms with E-state index in [-0.39, 0.29) is 17.7 Å². The van der Waals surface area contributed by atoms with Crippen LogP contribution in [0.2, 0.25) is 0 Å². The predicted molar refractivity (Wildman–Crippen MR) is 72.9 cm³/mol. The van der Waals surface area contributed by atoms with Crippen molar-refractivity contribution in [1.29, 1.82) is 0 Å². The van der Waals surface area contributed by atoms with Crippen molar-refractivity contribution < 1.29 is 9.13 Å². The van der Waals surface area contributed by atoms with Crippen LogP contribution in [-0.2, 0) is 10.6 Å². The number of nitrogens with zero attached hydrogens (tertiary/aromatic N) is 2. The van der Waals surface area contributed by atoms with Gasteiger partial charge in [-0.15, -0.1) is 11.6 Å². The van der Waals surface area contributed by atoms with Crippen molar-refractivity contribution in [3.63, 3.8) is 0 Å². The smallest absolute Gasteiger partial charge is 0.151 e. The van der Waals surface area contributed by atoms with Crippen LogP contribution in [0.15, 0.2) is 18.2 Å². The third-order valence-corrected chi connectivity index (χ3v) is 4.03. The van der Waals surface area contributed by atoms with E-state index in [2.05, 4.69) is 16.5 Å². The molecule has 3 rings (SSSR count). The van der Waals surface area contributed by atoms with Gasteiger partial charge >= 0.3 is 0 Å². The second-order valence-corrected chi connectivity index (χ2v) is 5.31. The minimum Gasteiger partial charge on any atom is -0.381 e. The number of alkyl halides is 1. The Bertz CT molecular complexity index is 598. The maximum atomic E-state index is 13.8. The Morgan fingerprint density at radius 1 is 1.53 bits per heavy atom. The van der Waals surface area contributed by atoms with Crippen LogP contribution in [0.25, 0.3) is 11.0 Å². The Morgan fingerprint density at radius 3 is 3.11 bits per heavy atom. The zero-order chi connectivity index (χ0) is 13.4. The summed E-state index contributed by atoms with van der Waals surface area (Å²) in [6, 6.07) is 5.33. The molecule has 2 unspecified atom stereocenters. The summed E-state index contributed by atoms with van der Waals surface area (Å²) in [6.45, 7) is 3.60. The standard InChI is InChI=1S/C14H16ClFN2O/c1-9-8-19-6-5-11(9)18-12-4-2-3-10(16)14(12)17-13(18)7-15/h2-4,9,11H,5-8H2,1H3.